The highest BCUT2D eigenvalue weighted by molar-refractivity contribution is 6.30. The number of nitrogens with zero attached hydrogens (tertiary/aromatic N) is 4. The predicted octanol–water partition coefficient (Wildman–Crippen LogP) is 2.41. The van der Waals surface area contributed by atoms with Gasteiger partial charge in [0.25, 0.3) is 0 Å². The van der Waals surface area contributed by atoms with Crippen LogP contribution in [0, 0.1) is 5.92 Å². The van der Waals surface area contributed by atoms with Gasteiger partial charge in [-0.25, -0.2) is 0 Å². The molecule has 2 N–H and O–H groups in total. The number of amides is 1. The number of hydrogen-bond acceptors (Lipinski definition) is 6. The van der Waals surface area contributed by atoms with E-state index < -0.39 is 6.04 Å². The molecule has 7 nitrogen and oxygen atoms in total. The van der Waals surface area contributed by atoms with Crippen molar-refractivity contribution in [3.63, 3.8) is 0 Å². The second-order valence-electron chi connectivity index (χ2n) is 7.36. The van der Waals surface area contributed by atoms with Crippen LogP contribution in [-0.4, -0.2) is 58.1 Å². The third kappa shape index (κ3) is 5.28. The summed E-state index contributed by atoms with van der Waals surface area (Å²) in [4.78, 5) is 20.9. The second-order valence-corrected chi connectivity index (χ2v) is 7.79. The van der Waals surface area contributed by atoms with Crippen molar-refractivity contribution in [2.75, 3.05) is 26.2 Å². The number of piperazine rings is 1. The minimum absolute atomic E-state index is 0.0474. The van der Waals surface area contributed by atoms with Crippen LogP contribution in [0.4, 0.5) is 0 Å². The number of aromatic nitrogens is 2. The molecule has 1 aliphatic rings. The molecule has 3 rings (SSSR count). The van der Waals surface area contributed by atoms with Crippen LogP contribution in [0.3, 0.4) is 0 Å². The Hall–Kier alpha value is -1.96. The summed E-state index contributed by atoms with van der Waals surface area (Å²) >= 11 is 5.90. The summed E-state index contributed by atoms with van der Waals surface area (Å²) in [5.41, 5.74) is 6.89. The fourth-order valence-electron chi connectivity index (χ4n) is 3.20. The van der Waals surface area contributed by atoms with Gasteiger partial charge in [-0.2, -0.15) is 4.98 Å². The molecule has 1 aromatic heterocycles. The Bertz CT molecular complexity index is 754. The van der Waals surface area contributed by atoms with Crippen LogP contribution in [0.25, 0.3) is 11.4 Å². The fourth-order valence-corrected chi connectivity index (χ4v) is 3.32. The van der Waals surface area contributed by atoms with Crippen molar-refractivity contribution in [3.8, 4) is 11.4 Å². The van der Waals surface area contributed by atoms with Crippen molar-refractivity contribution in [1.82, 2.24) is 19.9 Å². The minimum atomic E-state index is -0.408. The number of carbonyl (C=O) groups is 1. The lowest BCUT2D eigenvalue weighted by Gasteiger charge is -2.35. The maximum absolute atomic E-state index is 12.4. The van der Waals surface area contributed by atoms with E-state index in [1.165, 1.54) is 0 Å². The van der Waals surface area contributed by atoms with Gasteiger partial charge in [0.2, 0.25) is 17.6 Å². The molecule has 1 amide bonds. The quantitative estimate of drug-likeness (QED) is 0.813. The van der Waals surface area contributed by atoms with Crippen LogP contribution in [0.15, 0.2) is 28.8 Å². The topological polar surface area (TPSA) is 88.5 Å². The van der Waals surface area contributed by atoms with E-state index in [0.717, 1.165) is 18.7 Å². The molecule has 1 atom stereocenters. The summed E-state index contributed by atoms with van der Waals surface area (Å²) in [5, 5.41) is 4.71. The number of hydrogen-bond donors (Lipinski definition) is 1. The molecule has 1 saturated heterocycles. The highest BCUT2D eigenvalue weighted by Gasteiger charge is 2.26. The van der Waals surface area contributed by atoms with Gasteiger partial charge in [0.05, 0.1) is 12.6 Å². The highest BCUT2D eigenvalue weighted by Crippen LogP contribution is 2.19. The molecule has 0 bridgehead atoms. The molecular formula is C19H26ClN5O2. The van der Waals surface area contributed by atoms with Gasteiger partial charge in [0.1, 0.15) is 0 Å². The van der Waals surface area contributed by atoms with Crippen LogP contribution >= 0.6 is 11.6 Å². The molecule has 2 aromatic rings. The summed E-state index contributed by atoms with van der Waals surface area (Å²) in [6.45, 7) is 7.59. The first-order valence-electron chi connectivity index (χ1n) is 9.27. The Balaban J connectivity index is 1.51. The van der Waals surface area contributed by atoms with E-state index >= 15 is 0 Å². The molecule has 0 aliphatic carbocycles. The maximum Gasteiger partial charge on any atom is 0.241 e. The molecule has 1 aromatic carbocycles. The number of halogens is 1. The van der Waals surface area contributed by atoms with Crippen LogP contribution in [0.2, 0.25) is 5.02 Å². The Labute approximate surface area is 164 Å². The van der Waals surface area contributed by atoms with Crippen molar-refractivity contribution < 1.29 is 9.32 Å². The van der Waals surface area contributed by atoms with Gasteiger partial charge in [-0.15, -0.1) is 0 Å². The van der Waals surface area contributed by atoms with Crippen molar-refractivity contribution in [3.05, 3.63) is 35.2 Å². The Morgan fingerprint density at radius 3 is 2.52 bits per heavy atom. The zero-order chi connectivity index (χ0) is 19.4. The average Bonchev–Trinajstić information content (AvgIpc) is 3.10. The highest BCUT2D eigenvalue weighted by atomic mass is 35.5. The first-order valence-corrected chi connectivity index (χ1v) is 9.65. The summed E-state index contributed by atoms with van der Waals surface area (Å²) in [5.74, 6) is 1.58. The Kier molecular flexibility index (Phi) is 6.46. The molecule has 0 saturated carbocycles. The maximum atomic E-state index is 12.4. The third-order valence-electron chi connectivity index (χ3n) is 4.66. The van der Waals surface area contributed by atoms with Gasteiger partial charge in [0.15, 0.2) is 0 Å². The number of benzene rings is 1. The third-order valence-corrected chi connectivity index (χ3v) is 4.91. The van der Waals surface area contributed by atoms with Crippen molar-refractivity contribution in [2.24, 2.45) is 11.7 Å². The molecule has 146 valence electrons. The molecule has 1 fully saturated rings. The number of rotatable bonds is 6. The van der Waals surface area contributed by atoms with Crippen molar-refractivity contribution in [1.29, 1.82) is 0 Å². The Morgan fingerprint density at radius 2 is 1.89 bits per heavy atom. The summed E-state index contributed by atoms with van der Waals surface area (Å²) in [7, 11) is 0. The number of carbonyl (C=O) groups excluding carboxylic acids is 1. The standard InChI is InChI=1S/C19H26ClN5O2/c1-13(2)11-16(21)19(26)25-9-7-24(8-10-25)12-17-22-18(23-27-17)14-3-5-15(20)6-4-14/h3-6,13,16H,7-12,21H2,1-2H3/t16-/m0/s1. The summed E-state index contributed by atoms with van der Waals surface area (Å²) in [6, 6.07) is 6.92. The lowest BCUT2D eigenvalue weighted by Crippen LogP contribution is -2.53. The SMILES string of the molecule is CC(C)C[C@H](N)C(=O)N1CCN(Cc2nc(-c3ccc(Cl)cc3)no2)CC1. The van der Waals surface area contributed by atoms with E-state index in [2.05, 4.69) is 28.9 Å². The van der Waals surface area contributed by atoms with Crippen molar-refractivity contribution >= 4 is 17.5 Å². The average molecular weight is 392 g/mol. The molecule has 1 aliphatic heterocycles. The van der Waals surface area contributed by atoms with Gasteiger partial charge < -0.3 is 15.2 Å². The van der Waals surface area contributed by atoms with Gasteiger partial charge in [-0.1, -0.05) is 30.6 Å². The van der Waals surface area contributed by atoms with Gasteiger partial charge in [-0.05, 0) is 36.6 Å². The molecular weight excluding hydrogens is 366 g/mol. The molecule has 0 radical (unpaired) electrons. The van der Waals surface area contributed by atoms with Crippen LogP contribution in [0.5, 0.6) is 0 Å². The first-order chi connectivity index (χ1) is 12.9. The zero-order valence-electron chi connectivity index (χ0n) is 15.8. The molecule has 0 spiro atoms. The van der Waals surface area contributed by atoms with Crippen LogP contribution in [0.1, 0.15) is 26.2 Å². The smallest absolute Gasteiger partial charge is 0.241 e. The van der Waals surface area contributed by atoms with Gasteiger partial charge in [0, 0.05) is 36.8 Å². The molecule has 0 unspecified atom stereocenters. The Morgan fingerprint density at radius 1 is 1.22 bits per heavy atom. The van der Waals surface area contributed by atoms with E-state index in [1.54, 1.807) is 12.1 Å². The number of nitrogens with two attached hydrogens (primary N) is 1. The first kappa shape index (κ1) is 19.8. The van der Waals surface area contributed by atoms with Crippen LogP contribution in [-0.2, 0) is 11.3 Å². The van der Waals surface area contributed by atoms with Gasteiger partial charge in [-0.3, -0.25) is 9.69 Å². The second kappa shape index (κ2) is 8.82. The van der Waals surface area contributed by atoms with E-state index in [4.69, 9.17) is 21.9 Å². The molecule has 8 heteroatoms. The van der Waals surface area contributed by atoms with Crippen LogP contribution < -0.4 is 5.73 Å². The van der Waals surface area contributed by atoms with E-state index in [-0.39, 0.29) is 5.91 Å². The minimum Gasteiger partial charge on any atom is -0.339 e. The zero-order valence-corrected chi connectivity index (χ0v) is 16.5. The van der Waals surface area contributed by atoms with E-state index in [1.807, 2.05) is 17.0 Å². The lowest BCUT2D eigenvalue weighted by atomic mass is 10.0. The lowest BCUT2D eigenvalue weighted by molar-refractivity contribution is -0.134. The normalized spacial score (nSPS) is 16.7. The fraction of sp³-hybridized carbons (Fsp3) is 0.526. The molecule has 27 heavy (non-hydrogen) atoms. The monoisotopic (exact) mass is 391 g/mol. The van der Waals surface area contributed by atoms with Crippen molar-refractivity contribution in [2.45, 2.75) is 32.9 Å². The summed E-state index contributed by atoms with van der Waals surface area (Å²) in [6.07, 6.45) is 0.717. The predicted molar refractivity (Wildman–Crippen MR) is 104 cm³/mol. The molecule has 2 heterocycles. The van der Waals surface area contributed by atoms with Gasteiger partial charge >= 0.3 is 0 Å². The van der Waals surface area contributed by atoms with E-state index in [0.29, 0.717) is 48.7 Å². The largest absolute Gasteiger partial charge is 0.339 e. The van der Waals surface area contributed by atoms with E-state index in [9.17, 15) is 4.79 Å². The summed E-state index contributed by atoms with van der Waals surface area (Å²) < 4.78 is 5.37.